The second-order valence-electron chi connectivity index (χ2n) is 4.49. The maximum atomic E-state index is 12.1. The molecule has 0 bridgehead atoms. The molecule has 0 aliphatic carbocycles. The van der Waals surface area contributed by atoms with Crippen molar-refractivity contribution in [1.29, 1.82) is 0 Å². The number of carbonyl (C=O) groups is 1. The van der Waals surface area contributed by atoms with Gasteiger partial charge in [0.15, 0.2) is 0 Å². The van der Waals surface area contributed by atoms with Gasteiger partial charge < -0.3 is 19.3 Å². The van der Waals surface area contributed by atoms with Crippen LogP contribution in [-0.2, 0) is 6.42 Å². The molecular weight excluding hydrogens is 272 g/mol. The van der Waals surface area contributed by atoms with Gasteiger partial charge in [-0.15, -0.1) is 0 Å². The van der Waals surface area contributed by atoms with Crippen LogP contribution < -0.4 is 14.8 Å². The molecule has 6 heteroatoms. The highest BCUT2D eigenvalue weighted by Gasteiger charge is 2.09. The molecule has 1 aromatic carbocycles. The standard InChI is InChI=1S/C15H18N2O4/c1-19-13-6-12(7-14(8-13)20-2)15(18)16-5-3-4-11-9-17-21-10-11/h6-10H,3-5H2,1-2H3,(H,16,18). The topological polar surface area (TPSA) is 73.6 Å². The lowest BCUT2D eigenvalue weighted by molar-refractivity contribution is 0.0952. The predicted octanol–water partition coefficient (Wildman–Crippen LogP) is 2.05. The van der Waals surface area contributed by atoms with Crippen LogP contribution in [0.15, 0.2) is 35.2 Å². The van der Waals surface area contributed by atoms with E-state index in [-0.39, 0.29) is 5.91 Å². The molecule has 0 atom stereocenters. The molecule has 0 aliphatic rings. The Bertz CT molecular complexity index is 559. The van der Waals surface area contributed by atoms with E-state index < -0.39 is 0 Å². The Morgan fingerprint density at radius 3 is 2.52 bits per heavy atom. The monoisotopic (exact) mass is 290 g/mol. The Labute approximate surface area is 123 Å². The van der Waals surface area contributed by atoms with E-state index in [0.29, 0.717) is 23.6 Å². The third kappa shape index (κ3) is 4.24. The summed E-state index contributed by atoms with van der Waals surface area (Å²) in [6.07, 6.45) is 4.91. The van der Waals surface area contributed by atoms with Crippen molar-refractivity contribution in [2.45, 2.75) is 12.8 Å². The van der Waals surface area contributed by atoms with E-state index in [1.54, 1.807) is 44.9 Å². The Morgan fingerprint density at radius 1 is 1.24 bits per heavy atom. The summed E-state index contributed by atoms with van der Waals surface area (Å²) in [4.78, 5) is 12.1. The van der Waals surface area contributed by atoms with E-state index in [1.165, 1.54) is 0 Å². The number of aryl methyl sites for hydroxylation is 1. The van der Waals surface area contributed by atoms with E-state index >= 15 is 0 Å². The van der Waals surface area contributed by atoms with Crippen molar-refractivity contribution in [3.63, 3.8) is 0 Å². The highest BCUT2D eigenvalue weighted by Crippen LogP contribution is 2.22. The van der Waals surface area contributed by atoms with Crippen LogP contribution in [0, 0.1) is 0 Å². The molecule has 0 saturated heterocycles. The lowest BCUT2D eigenvalue weighted by atomic mass is 10.1. The fourth-order valence-electron chi connectivity index (χ4n) is 1.89. The number of carbonyl (C=O) groups excluding carboxylic acids is 1. The summed E-state index contributed by atoms with van der Waals surface area (Å²) >= 11 is 0. The summed E-state index contributed by atoms with van der Waals surface area (Å²) in [6, 6.07) is 5.08. The molecule has 2 aromatic rings. The van der Waals surface area contributed by atoms with E-state index in [0.717, 1.165) is 18.4 Å². The molecule has 0 saturated carbocycles. The van der Waals surface area contributed by atoms with Crippen molar-refractivity contribution >= 4 is 5.91 Å². The van der Waals surface area contributed by atoms with Crippen molar-refractivity contribution < 1.29 is 18.8 Å². The fourth-order valence-corrected chi connectivity index (χ4v) is 1.89. The predicted molar refractivity (Wildman–Crippen MR) is 76.7 cm³/mol. The maximum Gasteiger partial charge on any atom is 0.251 e. The van der Waals surface area contributed by atoms with E-state index in [2.05, 4.69) is 10.5 Å². The number of nitrogens with one attached hydrogen (secondary N) is 1. The zero-order chi connectivity index (χ0) is 15.1. The number of ether oxygens (including phenoxy) is 2. The first-order valence-electron chi connectivity index (χ1n) is 6.62. The van der Waals surface area contributed by atoms with Gasteiger partial charge >= 0.3 is 0 Å². The molecule has 1 heterocycles. The number of rotatable bonds is 7. The molecule has 0 fully saturated rings. The molecule has 1 N–H and O–H groups in total. The zero-order valence-electron chi connectivity index (χ0n) is 12.1. The minimum atomic E-state index is -0.155. The minimum Gasteiger partial charge on any atom is -0.497 e. The lowest BCUT2D eigenvalue weighted by Crippen LogP contribution is -2.24. The van der Waals surface area contributed by atoms with Crippen molar-refractivity contribution in [3.05, 3.63) is 41.8 Å². The number of aromatic nitrogens is 1. The third-order valence-electron chi connectivity index (χ3n) is 3.02. The second-order valence-corrected chi connectivity index (χ2v) is 4.49. The number of nitrogens with zero attached hydrogens (tertiary/aromatic N) is 1. The summed E-state index contributed by atoms with van der Waals surface area (Å²) < 4.78 is 15.0. The van der Waals surface area contributed by atoms with Crippen molar-refractivity contribution in [1.82, 2.24) is 10.5 Å². The van der Waals surface area contributed by atoms with Crippen molar-refractivity contribution in [3.8, 4) is 11.5 Å². The summed E-state index contributed by atoms with van der Waals surface area (Å²) in [5.41, 5.74) is 1.53. The number of hydrogen-bond acceptors (Lipinski definition) is 5. The molecule has 6 nitrogen and oxygen atoms in total. The number of hydrogen-bond donors (Lipinski definition) is 1. The third-order valence-corrected chi connectivity index (χ3v) is 3.02. The normalized spacial score (nSPS) is 10.2. The summed E-state index contributed by atoms with van der Waals surface area (Å²) in [7, 11) is 3.10. The zero-order valence-corrected chi connectivity index (χ0v) is 12.1. The van der Waals surface area contributed by atoms with Gasteiger partial charge in [0.1, 0.15) is 17.8 Å². The molecule has 1 aromatic heterocycles. The van der Waals surface area contributed by atoms with Gasteiger partial charge in [-0.05, 0) is 25.0 Å². The van der Waals surface area contributed by atoms with Crippen molar-refractivity contribution in [2.75, 3.05) is 20.8 Å². The van der Waals surface area contributed by atoms with Crippen LogP contribution in [0.1, 0.15) is 22.3 Å². The Balaban J connectivity index is 1.87. The van der Waals surface area contributed by atoms with Gasteiger partial charge in [-0.2, -0.15) is 0 Å². The molecule has 0 aliphatic heterocycles. The van der Waals surface area contributed by atoms with Crippen LogP contribution in [-0.4, -0.2) is 31.8 Å². The van der Waals surface area contributed by atoms with Gasteiger partial charge in [0.05, 0.1) is 20.4 Å². The van der Waals surface area contributed by atoms with Crippen LogP contribution in [0.25, 0.3) is 0 Å². The van der Waals surface area contributed by atoms with E-state index in [9.17, 15) is 4.79 Å². The number of benzene rings is 1. The van der Waals surface area contributed by atoms with Gasteiger partial charge in [0, 0.05) is 23.7 Å². The summed E-state index contributed by atoms with van der Waals surface area (Å²) in [5, 5.41) is 6.49. The first-order chi connectivity index (χ1) is 10.2. The summed E-state index contributed by atoms with van der Waals surface area (Å²) in [5.74, 6) is 1.02. The molecule has 112 valence electrons. The average Bonchev–Trinajstić information content (AvgIpc) is 3.04. The lowest BCUT2D eigenvalue weighted by Gasteiger charge is -2.09. The van der Waals surface area contributed by atoms with Crippen LogP contribution in [0.4, 0.5) is 0 Å². The van der Waals surface area contributed by atoms with E-state index in [1.807, 2.05) is 0 Å². The SMILES string of the molecule is COc1cc(OC)cc(C(=O)NCCCc2cnoc2)c1. The quantitative estimate of drug-likeness (QED) is 0.790. The van der Waals surface area contributed by atoms with Gasteiger partial charge in [0.2, 0.25) is 0 Å². The van der Waals surface area contributed by atoms with Crippen LogP contribution >= 0.6 is 0 Å². The first-order valence-corrected chi connectivity index (χ1v) is 6.62. The molecular formula is C15H18N2O4. The highest BCUT2D eigenvalue weighted by atomic mass is 16.5. The fraction of sp³-hybridized carbons (Fsp3) is 0.333. The number of methoxy groups -OCH3 is 2. The Hall–Kier alpha value is -2.50. The van der Waals surface area contributed by atoms with Gasteiger partial charge in [-0.1, -0.05) is 5.16 Å². The van der Waals surface area contributed by atoms with Crippen molar-refractivity contribution in [2.24, 2.45) is 0 Å². The van der Waals surface area contributed by atoms with Gasteiger partial charge in [-0.25, -0.2) is 0 Å². The Morgan fingerprint density at radius 2 is 1.95 bits per heavy atom. The van der Waals surface area contributed by atoms with Gasteiger partial charge in [0.25, 0.3) is 5.91 Å². The molecule has 0 unspecified atom stereocenters. The second kappa shape index (κ2) is 7.33. The summed E-state index contributed by atoms with van der Waals surface area (Å²) in [6.45, 7) is 0.573. The molecule has 1 amide bonds. The average molecular weight is 290 g/mol. The van der Waals surface area contributed by atoms with Gasteiger partial charge in [-0.3, -0.25) is 4.79 Å². The first kappa shape index (κ1) is 14.9. The molecule has 0 radical (unpaired) electrons. The number of amides is 1. The van der Waals surface area contributed by atoms with Crippen LogP contribution in [0.3, 0.4) is 0 Å². The maximum absolute atomic E-state index is 12.1. The van der Waals surface area contributed by atoms with Crippen LogP contribution in [0.5, 0.6) is 11.5 Å². The minimum absolute atomic E-state index is 0.155. The largest absolute Gasteiger partial charge is 0.497 e. The molecule has 2 rings (SSSR count). The molecule has 21 heavy (non-hydrogen) atoms. The molecule has 0 spiro atoms. The van der Waals surface area contributed by atoms with Crippen LogP contribution in [0.2, 0.25) is 0 Å². The smallest absolute Gasteiger partial charge is 0.251 e. The highest BCUT2D eigenvalue weighted by molar-refractivity contribution is 5.95. The Kier molecular flexibility index (Phi) is 5.20. The van der Waals surface area contributed by atoms with E-state index in [4.69, 9.17) is 14.0 Å².